The lowest BCUT2D eigenvalue weighted by molar-refractivity contribution is -0.104. The van der Waals surface area contributed by atoms with Crippen molar-refractivity contribution in [3.8, 4) is 0 Å². The molecule has 1 aromatic rings. The summed E-state index contributed by atoms with van der Waals surface area (Å²) >= 11 is 0. The first kappa shape index (κ1) is 28.9. The number of hydrogen-bond donors (Lipinski definition) is 0. The Balaban J connectivity index is 1.37. The Morgan fingerprint density at radius 3 is 2.28 bits per heavy atom. The molecule has 0 amide bonds. The predicted octanol–water partition coefficient (Wildman–Crippen LogP) is 10.4. The van der Waals surface area contributed by atoms with Crippen molar-refractivity contribution in [1.82, 2.24) is 0 Å². The molecule has 2 fully saturated rings. The number of ether oxygens (including phenoxy) is 1. The summed E-state index contributed by atoms with van der Waals surface area (Å²) in [4.78, 5) is 13.0. The van der Waals surface area contributed by atoms with Gasteiger partial charge in [0.05, 0.1) is 5.56 Å². The molecule has 5 rings (SSSR count). The van der Waals surface area contributed by atoms with E-state index in [0.29, 0.717) is 22.3 Å². The molecule has 0 N–H and O–H groups in total. The Labute approximate surface area is 239 Å². The summed E-state index contributed by atoms with van der Waals surface area (Å²) in [5, 5.41) is 0. The molecule has 0 unspecified atom stereocenters. The van der Waals surface area contributed by atoms with Crippen molar-refractivity contribution in [2.24, 2.45) is 45.3 Å². The highest BCUT2D eigenvalue weighted by molar-refractivity contribution is 5.89. The zero-order valence-electron chi connectivity index (χ0n) is 26.4. The summed E-state index contributed by atoms with van der Waals surface area (Å²) in [6, 6.07) is 9.55. The third kappa shape index (κ3) is 4.64. The average Bonchev–Trinajstić information content (AvgIpc) is 3.17. The fourth-order valence-corrected chi connectivity index (χ4v) is 10.6. The Morgan fingerprint density at radius 2 is 1.59 bits per heavy atom. The average molecular weight is 533 g/mol. The summed E-state index contributed by atoms with van der Waals surface area (Å²) in [5.41, 5.74) is 5.36. The largest absolute Gasteiger partial charge is 0.458 e. The monoisotopic (exact) mass is 532 g/mol. The van der Waals surface area contributed by atoms with E-state index in [0.717, 1.165) is 30.6 Å². The van der Waals surface area contributed by atoms with Crippen LogP contribution in [0.15, 0.2) is 41.5 Å². The number of allylic oxidation sites excluding steroid dienone is 2. The van der Waals surface area contributed by atoms with Gasteiger partial charge < -0.3 is 4.74 Å². The van der Waals surface area contributed by atoms with Crippen molar-refractivity contribution in [1.29, 1.82) is 0 Å². The molecule has 0 saturated heterocycles. The fraction of sp³-hybridized carbons (Fsp3) is 0.757. The third-order valence-electron chi connectivity index (χ3n) is 13.1. The van der Waals surface area contributed by atoms with Gasteiger partial charge in [-0.15, -0.1) is 0 Å². The Bertz CT molecular complexity index is 1080. The van der Waals surface area contributed by atoms with Crippen LogP contribution in [0.25, 0.3) is 0 Å². The van der Waals surface area contributed by atoms with Crippen LogP contribution in [-0.2, 0) is 4.74 Å². The number of carbonyl (C=O) groups excluding carboxylic acids is 1. The van der Waals surface area contributed by atoms with Crippen LogP contribution in [0.4, 0.5) is 0 Å². The van der Waals surface area contributed by atoms with Gasteiger partial charge in [-0.05, 0) is 103 Å². The van der Waals surface area contributed by atoms with E-state index in [9.17, 15) is 4.79 Å². The molecule has 4 aliphatic rings. The van der Waals surface area contributed by atoms with Crippen LogP contribution in [-0.4, -0.2) is 12.1 Å². The smallest absolute Gasteiger partial charge is 0.338 e. The number of carbonyl (C=O) groups is 1. The van der Waals surface area contributed by atoms with E-state index < -0.39 is 0 Å². The first-order valence-electron chi connectivity index (χ1n) is 16.3. The van der Waals surface area contributed by atoms with E-state index >= 15 is 0 Å². The molecule has 216 valence electrons. The minimum Gasteiger partial charge on any atom is -0.458 e. The highest BCUT2D eigenvalue weighted by Gasteiger charge is 2.63. The van der Waals surface area contributed by atoms with E-state index in [1.54, 1.807) is 0 Å². The maximum atomic E-state index is 13.0. The minimum absolute atomic E-state index is 0.0163. The van der Waals surface area contributed by atoms with Crippen LogP contribution in [0.3, 0.4) is 0 Å². The predicted molar refractivity (Wildman–Crippen MR) is 163 cm³/mol. The molecule has 1 aromatic carbocycles. The van der Waals surface area contributed by atoms with Gasteiger partial charge in [-0.25, -0.2) is 4.79 Å². The number of esters is 1. The van der Waals surface area contributed by atoms with E-state index in [1.807, 2.05) is 41.5 Å². The number of rotatable bonds is 7. The van der Waals surface area contributed by atoms with Gasteiger partial charge in [-0.3, -0.25) is 0 Å². The molecular weight excluding hydrogens is 476 g/mol. The molecule has 0 bridgehead atoms. The first-order valence-corrected chi connectivity index (χ1v) is 16.3. The van der Waals surface area contributed by atoms with E-state index in [2.05, 4.69) is 55.4 Å². The van der Waals surface area contributed by atoms with Crippen LogP contribution in [0.2, 0.25) is 0 Å². The molecule has 39 heavy (non-hydrogen) atoms. The number of benzene rings is 1. The normalized spacial score (nSPS) is 38.1. The molecule has 2 nitrogen and oxygen atoms in total. The molecule has 7 atom stereocenters. The summed E-state index contributed by atoms with van der Waals surface area (Å²) in [6.45, 7) is 20.0. The van der Waals surface area contributed by atoms with Crippen molar-refractivity contribution in [2.75, 3.05) is 0 Å². The molecule has 4 aliphatic carbocycles. The highest BCUT2D eigenvalue weighted by atomic mass is 16.5. The van der Waals surface area contributed by atoms with Crippen LogP contribution in [0.1, 0.15) is 136 Å². The third-order valence-corrected chi connectivity index (χ3v) is 13.1. The van der Waals surface area contributed by atoms with Gasteiger partial charge in [-0.2, -0.15) is 0 Å². The lowest BCUT2D eigenvalue weighted by Gasteiger charge is -2.62. The van der Waals surface area contributed by atoms with Gasteiger partial charge in [0.2, 0.25) is 0 Å². The summed E-state index contributed by atoms with van der Waals surface area (Å²) in [5.74, 6) is 2.91. The quantitative estimate of drug-likeness (QED) is 0.258. The number of hydrogen-bond acceptors (Lipinski definition) is 2. The van der Waals surface area contributed by atoms with Crippen LogP contribution in [0, 0.1) is 45.3 Å². The summed E-state index contributed by atoms with van der Waals surface area (Å²) < 4.78 is 6.26. The van der Waals surface area contributed by atoms with Gasteiger partial charge in [0.25, 0.3) is 0 Å². The fourth-order valence-electron chi connectivity index (χ4n) is 10.6. The molecule has 0 heterocycles. The van der Waals surface area contributed by atoms with E-state index in [4.69, 9.17) is 4.74 Å². The maximum Gasteiger partial charge on any atom is 0.338 e. The van der Waals surface area contributed by atoms with Gasteiger partial charge in [0.15, 0.2) is 0 Å². The van der Waals surface area contributed by atoms with E-state index in [1.165, 1.54) is 57.8 Å². The van der Waals surface area contributed by atoms with Crippen molar-refractivity contribution in [3.63, 3.8) is 0 Å². The van der Waals surface area contributed by atoms with Gasteiger partial charge in [-0.1, -0.05) is 104 Å². The molecular formula is C37H56O2. The lowest BCUT2D eigenvalue weighted by atomic mass is 9.43. The van der Waals surface area contributed by atoms with Crippen LogP contribution in [0.5, 0.6) is 0 Å². The molecule has 0 aromatic heterocycles. The van der Waals surface area contributed by atoms with Gasteiger partial charge in [0, 0.05) is 5.41 Å². The van der Waals surface area contributed by atoms with Crippen molar-refractivity contribution < 1.29 is 9.53 Å². The molecule has 0 aliphatic heterocycles. The lowest BCUT2D eigenvalue weighted by Crippen LogP contribution is -2.55. The molecule has 0 radical (unpaired) electrons. The first-order chi connectivity index (χ1) is 18.3. The number of fused-ring (bicyclic) bond motifs is 4. The second-order valence-electron chi connectivity index (χ2n) is 15.8. The van der Waals surface area contributed by atoms with Crippen LogP contribution < -0.4 is 0 Å². The zero-order chi connectivity index (χ0) is 28.2. The Hall–Kier alpha value is -1.57. The van der Waals surface area contributed by atoms with Crippen molar-refractivity contribution >= 4 is 5.97 Å². The van der Waals surface area contributed by atoms with Gasteiger partial charge >= 0.3 is 5.97 Å². The van der Waals surface area contributed by atoms with Crippen molar-refractivity contribution in [2.45, 2.75) is 132 Å². The van der Waals surface area contributed by atoms with Crippen molar-refractivity contribution in [3.05, 3.63) is 47.0 Å². The Kier molecular flexibility index (Phi) is 7.69. The Morgan fingerprint density at radius 1 is 0.872 bits per heavy atom. The van der Waals surface area contributed by atoms with E-state index in [-0.39, 0.29) is 22.9 Å². The highest BCUT2D eigenvalue weighted by Crippen LogP contribution is 2.72. The topological polar surface area (TPSA) is 26.3 Å². The summed E-state index contributed by atoms with van der Waals surface area (Å²) in [7, 11) is 0. The van der Waals surface area contributed by atoms with Crippen LogP contribution >= 0.6 is 0 Å². The second kappa shape index (κ2) is 10.4. The maximum absolute atomic E-state index is 13.0. The standard InChI is InChI=1S/C37H56O2/c1-25(2)13-12-14-26(3)28-19-23-37(8)30-17-18-31-34(4,5)32(39-33(38)27-15-10-9-11-16-27)21-22-35(31,6)29(30)20-24-36(28,37)7/h9-11,15-16,25-26,28,31-32H,12-14,17-24H2,1-8H3/t26-,28-,31-,32+,35-,36-,37+/m1/s1. The SMILES string of the molecule is CC(C)CCC[C@@H](C)[C@H]1CC[C@@]2(C)C3=C(CC[C@]12C)[C@@]1(C)CC[C@H](OC(=O)c2ccccc2)C(C)(C)[C@H]1CC3. The minimum atomic E-state index is -0.159. The molecule has 2 heteroatoms. The molecule has 2 saturated carbocycles. The summed E-state index contributed by atoms with van der Waals surface area (Å²) in [6.07, 6.45) is 14.2. The van der Waals surface area contributed by atoms with Gasteiger partial charge in [0.1, 0.15) is 6.10 Å². The zero-order valence-corrected chi connectivity index (χ0v) is 26.4. The molecule has 0 spiro atoms. The second-order valence-corrected chi connectivity index (χ2v) is 15.8.